The van der Waals surface area contributed by atoms with Crippen molar-refractivity contribution in [1.29, 1.82) is 0 Å². The lowest BCUT2D eigenvalue weighted by Crippen LogP contribution is -2.42. The molecule has 0 bridgehead atoms. The number of likely N-dealkylation sites (tertiary alicyclic amines) is 1. The van der Waals surface area contributed by atoms with E-state index >= 15 is 0 Å². The first-order chi connectivity index (χ1) is 9.49. The average molecular weight is 277 g/mol. The summed E-state index contributed by atoms with van der Waals surface area (Å²) in [5.41, 5.74) is 0.490. The smallest absolute Gasteiger partial charge is 0.335 e. The highest BCUT2D eigenvalue weighted by atomic mass is 16.4. The molecule has 1 unspecified atom stereocenters. The largest absolute Gasteiger partial charge is 0.481 e. The van der Waals surface area contributed by atoms with Crippen LogP contribution in [0.25, 0.3) is 0 Å². The summed E-state index contributed by atoms with van der Waals surface area (Å²) in [4.78, 5) is 35.5. The van der Waals surface area contributed by atoms with Crippen LogP contribution in [0.2, 0.25) is 0 Å². The number of amides is 1. The molecule has 1 heterocycles. The van der Waals surface area contributed by atoms with E-state index in [0.717, 1.165) is 0 Å². The molecule has 0 aliphatic carbocycles. The lowest BCUT2D eigenvalue weighted by Gasteiger charge is -2.30. The Morgan fingerprint density at radius 1 is 1.05 bits per heavy atom. The Bertz CT molecular complexity index is 537. The topological polar surface area (TPSA) is 94.9 Å². The van der Waals surface area contributed by atoms with Gasteiger partial charge >= 0.3 is 11.9 Å². The maximum absolute atomic E-state index is 12.2. The predicted octanol–water partition coefficient (Wildman–Crippen LogP) is 1.32. The molecule has 1 saturated heterocycles. The molecule has 1 aromatic rings. The number of hydrogen-bond donors (Lipinski definition) is 2. The molecule has 6 nitrogen and oxygen atoms in total. The summed E-state index contributed by atoms with van der Waals surface area (Å²) in [6.45, 7) is 0.734. The van der Waals surface area contributed by atoms with E-state index in [9.17, 15) is 14.4 Å². The molecule has 20 heavy (non-hydrogen) atoms. The van der Waals surface area contributed by atoms with Crippen molar-refractivity contribution < 1.29 is 24.6 Å². The average Bonchev–Trinajstić information content (AvgIpc) is 2.46. The van der Waals surface area contributed by atoms with E-state index in [0.29, 0.717) is 24.9 Å². The van der Waals surface area contributed by atoms with Crippen LogP contribution in [0.5, 0.6) is 0 Å². The van der Waals surface area contributed by atoms with Gasteiger partial charge in [0.1, 0.15) is 0 Å². The highest BCUT2D eigenvalue weighted by Gasteiger charge is 2.28. The number of carboxylic acids is 2. The highest BCUT2D eigenvalue weighted by Crippen LogP contribution is 2.19. The van der Waals surface area contributed by atoms with Gasteiger partial charge in [0.05, 0.1) is 11.5 Å². The Balaban J connectivity index is 2.10. The van der Waals surface area contributed by atoms with E-state index in [1.807, 2.05) is 0 Å². The van der Waals surface area contributed by atoms with Crippen LogP contribution in [-0.2, 0) is 4.79 Å². The third-order valence-corrected chi connectivity index (χ3v) is 3.44. The quantitative estimate of drug-likeness (QED) is 0.868. The summed E-state index contributed by atoms with van der Waals surface area (Å²) in [6, 6.07) is 5.65. The molecular formula is C14H15NO5. The third-order valence-electron chi connectivity index (χ3n) is 3.44. The van der Waals surface area contributed by atoms with Crippen molar-refractivity contribution >= 4 is 17.8 Å². The first-order valence-electron chi connectivity index (χ1n) is 6.34. The molecule has 1 aliphatic rings. The minimum atomic E-state index is -1.05. The molecule has 1 fully saturated rings. The van der Waals surface area contributed by atoms with Crippen LogP contribution in [0.4, 0.5) is 0 Å². The second kappa shape index (κ2) is 5.73. The van der Waals surface area contributed by atoms with Crippen LogP contribution in [0.1, 0.15) is 33.6 Å². The molecular weight excluding hydrogens is 262 g/mol. The Morgan fingerprint density at radius 2 is 1.65 bits per heavy atom. The number of carbonyl (C=O) groups excluding carboxylic acids is 1. The second-order valence-electron chi connectivity index (χ2n) is 4.81. The number of benzene rings is 1. The second-order valence-corrected chi connectivity index (χ2v) is 4.81. The summed E-state index contributed by atoms with van der Waals surface area (Å²) in [5.74, 6) is -2.71. The van der Waals surface area contributed by atoms with Gasteiger partial charge in [0.15, 0.2) is 0 Å². The van der Waals surface area contributed by atoms with Crippen molar-refractivity contribution in [1.82, 2.24) is 4.90 Å². The number of aromatic carboxylic acids is 1. The molecule has 2 rings (SSSR count). The van der Waals surface area contributed by atoms with Crippen LogP contribution in [0.3, 0.4) is 0 Å². The van der Waals surface area contributed by atoms with Gasteiger partial charge in [-0.05, 0) is 37.1 Å². The van der Waals surface area contributed by atoms with Gasteiger partial charge < -0.3 is 15.1 Å². The van der Waals surface area contributed by atoms with Crippen LogP contribution in [0, 0.1) is 5.92 Å². The van der Waals surface area contributed by atoms with Gasteiger partial charge in [0, 0.05) is 18.7 Å². The number of carbonyl (C=O) groups is 3. The minimum Gasteiger partial charge on any atom is -0.481 e. The van der Waals surface area contributed by atoms with E-state index in [-0.39, 0.29) is 18.0 Å². The maximum atomic E-state index is 12.2. The Hall–Kier alpha value is -2.37. The monoisotopic (exact) mass is 277 g/mol. The molecule has 6 heteroatoms. The van der Waals surface area contributed by atoms with E-state index in [4.69, 9.17) is 10.2 Å². The molecule has 0 spiro atoms. The molecule has 1 atom stereocenters. The van der Waals surface area contributed by atoms with Gasteiger partial charge in [-0.1, -0.05) is 0 Å². The van der Waals surface area contributed by atoms with Gasteiger partial charge in [-0.25, -0.2) is 4.79 Å². The number of rotatable bonds is 3. The van der Waals surface area contributed by atoms with E-state index in [2.05, 4.69) is 0 Å². The minimum absolute atomic E-state index is 0.114. The van der Waals surface area contributed by atoms with E-state index < -0.39 is 17.9 Å². The number of nitrogens with zero attached hydrogens (tertiary/aromatic N) is 1. The third kappa shape index (κ3) is 2.96. The predicted molar refractivity (Wildman–Crippen MR) is 69.7 cm³/mol. The number of carboxylic acid groups (broad SMARTS) is 2. The van der Waals surface area contributed by atoms with E-state index in [1.165, 1.54) is 29.2 Å². The summed E-state index contributed by atoms with van der Waals surface area (Å²) < 4.78 is 0. The van der Waals surface area contributed by atoms with Crippen molar-refractivity contribution in [3.63, 3.8) is 0 Å². The van der Waals surface area contributed by atoms with Crippen molar-refractivity contribution in [3.05, 3.63) is 35.4 Å². The van der Waals surface area contributed by atoms with Crippen molar-refractivity contribution in [2.45, 2.75) is 12.8 Å². The summed E-state index contributed by atoms with van der Waals surface area (Å²) in [7, 11) is 0. The first kappa shape index (κ1) is 14.0. The van der Waals surface area contributed by atoms with Crippen molar-refractivity contribution in [2.24, 2.45) is 5.92 Å². The molecule has 106 valence electrons. The van der Waals surface area contributed by atoms with Crippen molar-refractivity contribution in [2.75, 3.05) is 13.1 Å². The first-order valence-corrected chi connectivity index (χ1v) is 6.34. The van der Waals surface area contributed by atoms with Crippen LogP contribution in [0.15, 0.2) is 24.3 Å². The SMILES string of the molecule is O=C(O)c1ccc(C(=O)N2CCCC(C(=O)O)C2)cc1. The molecule has 0 saturated carbocycles. The fraction of sp³-hybridized carbons (Fsp3) is 0.357. The fourth-order valence-corrected chi connectivity index (χ4v) is 2.30. The lowest BCUT2D eigenvalue weighted by atomic mass is 9.97. The number of piperidine rings is 1. The van der Waals surface area contributed by atoms with Crippen LogP contribution in [-0.4, -0.2) is 46.0 Å². The van der Waals surface area contributed by atoms with Gasteiger partial charge in [-0.15, -0.1) is 0 Å². The summed E-state index contributed by atoms with van der Waals surface area (Å²) in [5, 5.41) is 17.8. The summed E-state index contributed by atoms with van der Waals surface area (Å²) in [6.07, 6.45) is 1.24. The standard InChI is InChI=1S/C14H15NO5/c16-12(9-3-5-10(6-4-9)13(17)18)15-7-1-2-11(8-15)14(19)20/h3-6,11H,1-2,7-8H2,(H,17,18)(H,19,20). The van der Waals surface area contributed by atoms with Gasteiger partial charge in [0.25, 0.3) is 5.91 Å². The van der Waals surface area contributed by atoms with Gasteiger partial charge in [-0.3, -0.25) is 9.59 Å². The maximum Gasteiger partial charge on any atom is 0.335 e. The van der Waals surface area contributed by atoms with Gasteiger partial charge in [0.2, 0.25) is 0 Å². The molecule has 0 aromatic heterocycles. The molecule has 1 aliphatic heterocycles. The van der Waals surface area contributed by atoms with E-state index in [1.54, 1.807) is 0 Å². The summed E-state index contributed by atoms with van der Waals surface area (Å²) >= 11 is 0. The number of hydrogen-bond acceptors (Lipinski definition) is 3. The molecule has 1 aromatic carbocycles. The van der Waals surface area contributed by atoms with Crippen LogP contribution < -0.4 is 0 Å². The number of aliphatic carboxylic acids is 1. The zero-order valence-electron chi connectivity index (χ0n) is 10.8. The Kier molecular flexibility index (Phi) is 4.02. The Labute approximate surface area is 115 Å². The Morgan fingerprint density at radius 3 is 2.20 bits per heavy atom. The fourth-order valence-electron chi connectivity index (χ4n) is 2.30. The zero-order valence-corrected chi connectivity index (χ0v) is 10.8. The highest BCUT2D eigenvalue weighted by molar-refractivity contribution is 5.96. The molecule has 1 amide bonds. The van der Waals surface area contributed by atoms with Crippen molar-refractivity contribution in [3.8, 4) is 0 Å². The lowest BCUT2D eigenvalue weighted by molar-refractivity contribution is -0.143. The van der Waals surface area contributed by atoms with Gasteiger partial charge in [-0.2, -0.15) is 0 Å². The van der Waals surface area contributed by atoms with Crippen LogP contribution >= 0.6 is 0 Å². The molecule has 2 N–H and O–H groups in total. The molecule has 0 radical (unpaired) electrons. The normalized spacial score (nSPS) is 18.6. The zero-order chi connectivity index (χ0) is 14.7.